The lowest BCUT2D eigenvalue weighted by molar-refractivity contribution is -0.133. The number of hydrogen-bond acceptors (Lipinski definition) is 5. The molecule has 0 aliphatic carbocycles. The smallest absolute Gasteiger partial charge is 0.408 e. The average Bonchev–Trinajstić information content (AvgIpc) is 2.82. The van der Waals surface area contributed by atoms with Gasteiger partial charge in [-0.25, -0.2) is 4.79 Å². The topological polar surface area (TPSA) is 91.0 Å². The van der Waals surface area contributed by atoms with Crippen LogP contribution in [0, 0.1) is 0 Å². The van der Waals surface area contributed by atoms with Crippen LogP contribution in [-0.4, -0.2) is 67.2 Å². The van der Waals surface area contributed by atoms with E-state index >= 15 is 0 Å². The van der Waals surface area contributed by atoms with Crippen LogP contribution in [-0.2, 0) is 20.7 Å². The SMILES string of the molecule is CC(C)(C)OC(=O)NC(Cc1ccccc1)C(=O)NCC(=O)N1CCN(c2ccccc2)CC1. The summed E-state index contributed by atoms with van der Waals surface area (Å²) in [6.07, 6.45) is -0.387. The molecular formula is C26H34N4O4. The Morgan fingerprint density at radius 3 is 2.09 bits per heavy atom. The van der Waals surface area contributed by atoms with Crippen LogP contribution in [0.4, 0.5) is 10.5 Å². The summed E-state index contributed by atoms with van der Waals surface area (Å²) in [5, 5.41) is 5.34. The molecule has 1 fully saturated rings. The highest BCUT2D eigenvalue weighted by Gasteiger charge is 2.26. The molecule has 8 heteroatoms. The minimum absolute atomic E-state index is 0.120. The van der Waals surface area contributed by atoms with Gasteiger partial charge in [0, 0.05) is 38.3 Å². The van der Waals surface area contributed by atoms with Crippen molar-refractivity contribution in [2.75, 3.05) is 37.6 Å². The van der Waals surface area contributed by atoms with E-state index < -0.39 is 23.6 Å². The standard InChI is InChI=1S/C26H34N4O4/c1-26(2,3)34-25(33)28-22(18-20-10-6-4-7-11-20)24(32)27-19-23(31)30-16-14-29(15-17-30)21-12-8-5-9-13-21/h4-13,22H,14-19H2,1-3H3,(H,27,32)(H,28,33). The van der Waals surface area contributed by atoms with E-state index in [0.717, 1.165) is 24.3 Å². The van der Waals surface area contributed by atoms with Gasteiger partial charge >= 0.3 is 6.09 Å². The zero-order chi connectivity index (χ0) is 24.6. The molecule has 1 saturated heterocycles. The molecule has 34 heavy (non-hydrogen) atoms. The summed E-state index contributed by atoms with van der Waals surface area (Å²) in [5.41, 5.74) is 1.34. The van der Waals surface area contributed by atoms with Gasteiger partial charge < -0.3 is 25.2 Å². The Hall–Kier alpha value is -3.55. The molecule has 1 aliphatic heterocycles. The first-order valence-electron chi connectivity index (χ1n) is 11.6. The van der Waals surface area contributed by atoms with Crippen LogP contribution in [0.3, 0.4) is 0 Å². The van der Waals surface area contributed by atoms with Gasteiger partial charge in [0.1, 0.15) is 11.6 Å². The zero-order valence-electron chi connectivity index (χ0n) is 20.1. The minimum Gasteiger partial charge on any atom is -0.444 e. The van der Waals surface area contributed by atoms with E-state index in [0.29, 0.717) is 13.1 Å². The number of rotatable bonds is 7. The van der Waals surface area contributed by atoms with Crippen LogP contribution in [0.25, 0.3) is 0 Å². The Balaban J connectivity index is 1.53. The molecule has 0 saturated carbocycles. The molecule has 0 spiro atoms. The van der Waals surface area contributed by atoms with Crippen LogP contribution in [0.2, 0.25) is 0 Å². The van der Waals surface area contributed by atoms with E-state index in [-0.39, 0.29) is 18.9 Å². The predicted octanol–water partition coefficient (Wildman–Crippen LogP) is 2.59. The number of hydrogen-bond donors (Lipinski definition) is 2. The number of ether oxygens (including phenoxy) is 1. The van der Waals surface area contributed by atoms with E-state index in [2.05, 4.69) is 27.7 Å². The Labute approximate surface area is 201 Å². The second-order valence-electron chi connectivity index (χ2n) is 9.31. The average molecular weight is 467 g/mol. The molecule has 3 amide bonds. The first-order chi connectivity index (χ1) is 16.2. The van der Waals surface area contributed by atoms with Gasteiger partial charge in [-0.15, -0.1) is 0 Å². The van der Waals surface area contributed by atoms with Crippen molar-refractivity contribution in [3.63, 3.8) is 0 Å². The van der Waals surface area contributed by atoms with Crippen LogP contribution < -0.4 is 15.5 Å². The fourth-order valence-electron chi connectivity index (χ4n) is 3.76. The number of carbonyl (C=O) groups excluding carboxylic acids is 3. The van der Waals surface area contributed by atoms with Crippen molar-refractivity contribution in [1.29, 1.82) is 0 Å². The maximum Gasteiger partial charge on any atom is 0.408 e. The van der Waals surface area contributed by atoms with Gasteiger partial charge in [0.2, 0.25) is 11.8 Å². The molecule has 0 aromatic heterocycles. The molecule has 1 atom stereocenters. The van der Waals surface area contributed by atoms with Gasteiger partial charge in [-0.2, -0.15) is 0 Å². The van der Waals surface area contributed by atoms with Crippen molar-refractivity contribution >= 4 is 23.6 Å². The van der Waals surface area contributed by atoms with Crippen LogP contribution in [0.1, 0.15) is 26.3 Å². The van der Waals surface area contributed by atoms with E-state index in [1.807, 2.05) is 48.5 Å². The highest BCUT2D eigenvalue weighted by atomic mass is 16.6. The summed E-state index contributed by atoms with van der Waals surface area (Å²) in [7, 11) is 0. The largest absolute Gasteiger partial charge is 0.444 e. The predicted molar refractivity (Wildman–Crippen MR) is 132 cm³/mol. The molecule has 0 bridgehead atoms. The van der Waals surface area contributed by atoms with Crippen LogP contribution in [0.15, 0.2) is 60.7 Å². The van der Waals surface area contributed by atoms with E-state index in [1.165, 1.54) is 0 Å². The molecule has 2 aromatic rings. The van der Waals surface area contributed by atoms with Crippen LogP contribution >= 0.6 is 0 Å². The highest BCUT2D eigenvalue weighted by molar-refractivity contribution is 5.89. The third kappa shape index (κ3) is 7.79. The monoisotopic (exact) mass is 466 g/mol. The molecular weight excluding hydrogens is 432 g/mol. The Morgan fingerprint density at radius 2 is 1.50 bits per heavy atom. The van der Waals surface area contributed by atoms with Gasteiger partial charge in [0.15, 0.2) is 0 Å². The van der Waals surface area contributed by atoms with Gasteiger partial charge in [-0.05, 0) is 38.5 Å². The quantitative estimate of drug-likeness (QED) is 0.655. The lowest BCUT2D eigenvalue weighted by Crippen LogP contribution is -2.54. The molecule has 3 rings (SSSR count). The molecule has 2 N–H and O–H groups in total. The van der Waals surface area contributed by atoms with Crippen molar-refractivity contribution < 1.29 is 19.1 Å². The fraction of sp³-hybridized carbons (Fsp3) is 0.423. The number of carbonyl (C=O) groups is 3. The fourth-order valence-corrected chi connectivity index (χ4v) is 3.76. The molecule has 182 valence electrons. The minimum atomic E-state index is -0.861. The number of para-hydroxylation sites is 1. The van der Waals surface area contributed by atoms with Crippen molar-refractivity contribution in [1.82, 2.24) is 15.5 Å². The number of amides is 3. The van der Waals surface area contributed by atoms with Gasteiger partial charge in [-0.3, -0.25) is 9.59 Å². The summed E-state index contributed by atoms with van der Waals surface area (Å²) in [5.74, 6) is -0.567. The first-order valence-corrected chi connectivity index (χ1v) is 11.6. The third-order valence-electron chi connectivity index (χ3n) is 5.46. The third-order valence-corrected chi connectivity index (χ3v) is 5.46. The van der Waals surface area contributed by atoms with Crippen molar-refractivity contribution in [2.45, 2.75) is 38.8 Å². The Morgan fingerprint density at radius 1 is 0.912 bits per heavy atom. The molecule has 2 aromatic carbocycles. The Bertz CT molecular complexity index is 952. The zero-order valence-corrected chi connectivity index (χ0v) is 20.1. The normalized spacial score (nSPS) is 14.8. The van der Waals surface area contributed by atoms with Crippen molar-refractivity contribution in [2.24, 2.45) is 0 Å². The molecule has 0 radical (unpaired) electrons. The molecule has 1 aliphatic rings. The van der Waals surface area contributed by atoms with Gasteiger partial charge in [0.25, 0.3) is 0 Å². The maximum atomic E-state index is 12.9. The summed E-state index contributed by atoms with van der Waals surface area (Å²) >= 11 is 0. The number of piperazine rings is 1. The Kier molecular flexibility index (Phi) is 8.51. The highest BCUT2D eigenvalue weighted by Crippen LogP contribution is 2.15. The first kappa shape index (κ1) is 25.1. The molecule has 1 heterocycles. The lowest BCUT2D eigenvalue weighted by Gasteiger charge is -2.36. The molecule has 8 nitrogen and oxygen atoms in total. The van der Waals surface area contributed by atoms with Gasteiger partial charge in [0.05, 0.1) is 6.54 Å². The van der Waals surface area contributed by atoms with Crippen LogP contribution in [0.5, 0.6) is 0 Å². The number of benzene rings is 2. The second-order valence-corrected chi connectivity index (χ2v) is 9.31. The number of anilines is 1. The summed E-state index contributed by atoms with van der Waals surface area (Å²) < 4.78 is 5.31. The summed E-state index contributed by atoms with van der Waals surface area (Å²) in [6, 6.07) is 18.6. The number of nitrogens with zero attached hydrogens (tertiary/aromatic N) is 2. The van der Waals surface area contributed by atoms with E-state index in [1.54, 1.807) is 25.7 Å². The number of alkyl carbamates (subject to hydrolysis) is 1. The van der Waals surface area contributed by atoms with E-state index in [9.17, 15) is 14.4 Å². The van der Waals surface area contributed by atoms with Crippen molar-refractivity contribution in [3.8, 4) is 0 Å². The second kappa shape index (κ2) is 11.5. The summed E-state index contributed by atoms with van der Waals surface area (Å²) in [6.45, 7) is 7.81. The van der Waals surface area contributed by atoms with Crippen molar-refractivity contribution in [3.05, 3.63) is 66.2 Å². The molecule has 1 unspecified atom stereocenters. The lowest BCUT2D eigenvalue weighted by atomic mass is 10.1. The summed E-state index contributed by atoms with van der Waals surface area (Å²) in [4.78, 5) is 41.9. The van der Waals surface area contributed by atoms with Gasteiger partial charge in [-0.1, -0.05) is 48.5 Å². The maximum absolute atomic E-state index is 12.9. The number of nitrogens with one attached hydrogen (secondary N) is 2. The van der Waals surface area contributed by atoms with E-state index in [4.69, 9.17) is 4.74 Å².